The number of benzene rings is 1. The third-order valence-electron chi connectivity index (χ3n) is 4.75. The first-order valence-electron chi connectivity index (χ1n) is 8.02. The van der Waals surface area contributed by atoms with E-state index in [2.05, 4.69) is 0 Å². The molecule has 1 aromatic rings. The molecule has 5 nitrogen and oxygen atoms in total. The molecule has 5 heteroatoms. The number of amides is 2. The van der Waals surface area contributed by atoms with Crippen molar-refractivity contribution in [1.29, 1.82) is 0 Å². The van der Waals surface area contributed by atoms with E-state index in [9.17, 15) is 9.59 Å². The molecule has 118 valence electrons. The molecule has 0 saturated carbocycles. The molecular weight excluding hydrogens is 280 g/mol. The van der Waals surface area contributed by atoms with Crippen LogP contribution in [0.3, 0.4) is 0 Å². The summed E-state index contributed by atoms with van der Waals surface area (Å²) in [5.74, 6) is -0.537. The van der Waals surface area contributed by atoms with Crippen molar-refractivity contribution < 1.29 is 14.7 Å². The van der Waals surface area contributed by atoms with Gasteiger partial charge < -0.3 is 14.9 Å². The minimum Gasteiger partial charge on any atom is -0.478 e. The van der Waals surface area contributed by atoms with Crippen molar-refractivity contribution in [3.05, 3.63) is 35.4 Å². The van der Waals surface area contributed by atoms with Crippen LogP contribution in [0.2, 0.25) is 0 Å². The first-order valence-corrected chi connectivity index (χ1v) is 8.02. The maximum absolute atomic E-state index is 12.4. The highest BCUT2D eigenvalue weighted by atomic mass is 16.4. The average molecular weight is 302 g/mol. The first-order chi connectivity index (χ1) is 10.6. The van der Waals surface area contributed by atoms with E-state index in [0.717, 1.165) is 57.4 Å². The van der Waals surface area contributed by atoms with Gasteiger partial charge in [-0.1, -0.05) is 12.1 Å². The van der Waals surface area contributed by atoms with Gasteiger partial charge in [-0.25, -0.2) is 9.59 Å². The Bertz CT molecular complexity index is 559. The molecule has 2 heterocycles. The smallest absolute Gasteiger partial charge is 0.335 e. The summed E-state index contributed by atoms with van der Waals surface area (Å²) >= 11 is 0. The Morgan fingerprint density at radius 1 is 1.00 bits per heavy atom. The molecule has 2 aliphatic rings. The quantitative estimate of drug-likeness (QED) is 0.914. The molecule has 2 saturated heterocycles. The lowest BCUT2D eigenvalue weighted by atomic mass is 9.88. The van der Waals surface area contributed by atoms with E-state index in [4.69, 9.17) is 5.11 Å². The molecule has 1 N–H and O–H groups in total. The number of carboxylic acid groups (broad SMARTS) is 1. The van der Waals surface area contributed by atoms with E-state index in [1.54, 1.807) is 18.2 Å². The molecule has 2 fully saturated rings. The van der Waals surface area contributed by atoms with Crippen LogP contribution in [0.4, 0.5) is 4.79 Å². The maximum atomic E-state index is 12.4. The second kappa shape index (κ2) is 6.38. The zero-order valence-corrected chi connectivity index (χ0v) is 12.7. The largest absolute Gasteiger partial charge is 0.478 e. The van der Waals surface area contributed by atoms with Crippen molar-refractivity contribution >= 4 is 12.0 Å². The van der Waals surface area contributed by atoms with Gasteiger partial charge >= 0.3 is 12.0 Å². The molecule has 0 radical (unpaired) electrons. The van der Waals surface area contributed by atoms with Crippen LogP contribution in [0.15, 0.2) is 24.3 Å². The zero-order valence-electron chi connectivity index (χ0n) is 12.7. The molecule has 0 aromatic heterocycles. The fourth-order valence-electron chi connectivity index (χ4n) is 3.44. The number of carbonyl (C=O) groups excluding carboxylic acids is 1. The van der Waals surface area contributed by atoms with Gasteiger partial charge in [-0.05, 0) is 49.3 Å². The number of aromatic carboxylic acids is 1. The standard InChI is InChI=1S/C17H22N2O3/c20-16(21)15-5-3-4-14(12-15)13-6-10-19(11-7-13)17(22)18-8-1-2-9-18/h3-5,12-13H,1-2,6-11H2,(H,20,21). The fourth-order valence-corrected chi connectivity index (χ4v) is 3.44. The number of nitrogens with zero attached hydrogens (tertiary/aromatic N) is 2. The molecule has 0 atom stereocenters. The van der Waals surface area contributed by atoms with Crippen LogP contribution in [0.1, 0.15) is 47.5 Å². The zero-order chi connectivity index (χ0) is 15.5. The number of carboxylic acids is 1. The van der Waals surface area contributed by atoms with Crippen LogP contribution in [0, 0.1) is 0 Å². The Balaban J connectivity index is 1.60. The van der Waals surface area contributed by atoms with Gasteiger partial charge in [-0.15, -0.1) is 0 Å². The molecule has 2 aliphatic heterocycles. The van der Waals surface area contributed by atoms with Crippen LogP contribution >= 0.6 is 0 Å². The van der Waals surface area contributed by atoms with Crippen molar-refractivity contribution in [3.8, 4) is 0 Å². The third kappa shape index (κ3) is 3.08. The molecule has 0 spiro atoms. The number of carbonyl (C=O) groups is 2. The van der Waals surface area contributed by atoms with Gasteiger partial charge in [-0.2, -0.15) is 0 Å². The summed E-state index contributed by atoms with van der Waals surface area (Å²) in [6.45, 7) is 3.30. The number of piperidine rings is 1. The summed E-state index contributed by atoms with van der Waals surface area (Å²) < 4.78 is 0. The van der Waals surface area contributed by atoms with Crippen LogP contribution in [-0.4, -0.2) is 53.1 Å². The normalized spacial score (nSPS) is 19.5. The van der Waals surface area contributed by atoms with E-state index in [1.807, 2.05) is 15.9 Å². The molecular formula is C17H22N2O3. The summed E-state index contributed by atoms with van der Waals surface area (Å²) in [7, 11) is 0. The van der Waals surface area contributed by atoms with E-state index in [1.165, 1.54) is 0 Å². The molecule has 22 heavy (non-hydrogen) atoms. The van der Waals surface area contributed by atoms with Gasteiger partial charge in [0, 0.05) is 26.2 Å². The third-order valence-corrected chi connectivity index (χ3v) is 4.75. The Morgan fingerprint density at radius 2 is 1.64 bits per heavy atom. The van der Waals surface area contributed by atoms with Crippen molar-refractivity contribution in [2.75, 3.05) is 26.2 Å². The average Bonchev–Trinajstić information content (AvgIpc) is 3.09. The highest BCUT2D eigenvalue weighted by molar-refractivity contribution is 5.87. The van der Waals surface area contributed by atoms with Crippen molar-refractivity contribution in [2.45, 2.75) is 31.6 Å². The number of hydrogen-bond donors (Lipinski definition) is 1. The maximum Gasteiger partial charge on any atom is 0.335 e. The van der Waals surface area contributed by atoms with Crippen molar-refractivity contribution in [2.24, 2.45) is 0 Å². The lowest BCUT2D eigenvalue weighted by molar-refractivity contribution is 0.0696. The van der Waals surface area contributed by atoms with E-state index in [-0.39, 0.29) is 6.03 Å². The predicted octanol–water partition coefficient (Wildman–Crippen LogP) is 2.78. The van der Waals surface area contributed by atoms with Crippen LogP contribution in [0.5, 0.6) is 0 Å². The van der Waals surface area contributed by atoms with Gasteiger partial charge in [0.1, 0.15) is 0 Å². The first kappa shape index (κ1) is 14.9. The lowest BCUT2D eigenvalue weighted by Crippen LogP contribution is -2.45. The van der Waals surface area contributed by atoms with E-state index >= 15 is 0 Å². The second-order valence-electron chi connectivity index (χ2n) is 6.17. The second-order valence-corrected chi connectivity index (χ2v) is 6.17. The summed E-state index contributed by atoms with van der Waals surface area (Å²) in [5, 5.41) is 9.09. The molecule has 0 unspecified atom stereocenters. The number of rotatable bonds is 2. The minimum atomic E-state index is -0.886. The van der Waals surface area contributed by atoms with Crippen LogP contribution in [0.25, 0.3) is 0 Å². The summed E-state index contributed by atoms with van der Waals surface area (Å²) in [5.41, 5.74) is 1.42. The van der Waals surface area contributed by atoms with Crippen molar-refractivity contribution in [3.63, 3.8) is 0 Å². The topological polar surface area (TPSA) is 60.9 Å². The molecule has 2 amide bonds. The number of urea groups is 1. The van der Waals surface area contributed by atoms with Crippen LogP contribution in [-0.2, 0) is 0 Å². The van der Waals surface area contributed by atoms with Gasteiger partial charge in [0.25, 0.3) is 0 Å². The van der Waals surface area contributed by atoms with E-state index in [0.29, 0.717) is 11.5 Å². The number of hydrogen-bond acceptors (Lipinski definition) is 2. The predicted molar refractivity (Wildman–Crippen MR) is 83.2 cm³/mol. The monoisotopic (exact) mass is 302 g/mol. The van der Waals surface area contributed by atoms with Gasteiger partial charge in [0.2, 0.25) is 0 Å². The molecule has 0 bridgehead atoms. The SMILES string of the molecule is O=C(O)c1cccc(C2CCN(C(=O)N3CCCC3)CC2)c1. The molecule has 3 rings (SSSR count). The Morgan fingerprint density at radius 3 is 2.27 bits per heavy atom. The number of likely N-dealkylation sites (tertiary alicyclic amines) is 2. The summed E-state index contributed by atoms with van der Waals surface area (Å²) in [4.78, 5) is 27.3. The van der Waals surface area contributed by atoms with Gasteiger partial charge in [0.15, 0.2) is 0 Å². The minimum absolute atomic E-state index is 0.176. The van der Waals surface area contributed by atoms with Crippen molar-refractivity contribution in [1.82, 2.24) is 9.80 Å². The van der Waals surface area contributed by atoms with Gasteiger partial charge in [-0.3, -0.25) is 0 Å². The fraction of sp³-hybridized carbons (Fsp3) is 0.529. The highest BCUT2D eigenvalue weighted by Crippen LogP contribution is 2.29. The Hall–Kier alpha value is -2.04. The summed E-state index contributed by atoms with van der Waals surface area (Å²) in [6.07, 6.45) is 4.04. The Kier molecular flexibility index (Phi) is 4.32. The highest BCUT2D eigenvalue weighted by Gasteiger charge is 2.28. The molecule has 1 aromatic carbocycles. The van der Waals surface area contributed by atoms with Gasteiger partial charge in [0.05, 0.1) is 5.56 Å². The lowest BCUT2D eigenvalue weighted by Gasteiger charge is -2.34. The molecule has 0 aliphatic carbocycles. The van der Waals surface area contributed by atoms with Crippen LogP contribution < -0.4 is 0 Å². The summed E-state index contributed by atoms with van der Waals surface area (Å²) in [6, 6.07) is 7.37. The Labute approximate surface area is 130 Å². The van der Waals surface area contributed by atoms with E-state index < -0.39 is 5.97 Å².